The van der Waals surface area contributed by atoms with Gasteiger partial charge < -0.3 is 14.2 Å². The topological polar surface area (TPSA) is 60.2 Å². The fraction of sp³-hybridized carbons (Fsp3) is 0.526. The van der Waals surface area contributed by atoms with Crippen LogP contribution in [-0.4, -0.2) is 45.3 Å². The molecule has 1 fully saturated rings. The number of nitrogens with zero attached hydrogens (tertiary/aromatic N) is 4. The van der Waals surface area contributed by atoms with Gasteiger partial charge in [-0.05, 0) is 49.9 Å². The highest BCUT2D eigenvalue weighted by molar-refractivity contribution is 5.76. The molecule has 6 heteroatoms. The van der Waals surface area contributed by atoms with Crippen LogP contribution in [0, 0.1) is 13.8 Å². The summed E-state index contributed by atoms with van der Waals surface area (Å²) in [4.78, 5) is 14.4. The number of carbonyl (C=O) groups is 1. The third-order valence-electron chi connectivity index (χ3n) is 4.95. The van der Waals surface area contributed by atoms with Crippen LogP contribution in [0.2, 0.25) is 0 Å². The van der Waals surface area contributed by atoms with E-state index in [-0.39, 0.29) is 11.8 Å². The molecule has 0 radical (unpaired) electrons. The van der Waals surface area contributed by atoms with Gasteiger partial charge in [-0.3, -0.25) is 4.79 Å². The molecule has 1 amide bonds. The van der Waals surface area contributed by atoms with Crippen molar-refractivity contribution in [1.82, 2.24) is 19.7 Å². The molecule has 1 atom stereocenters. The number of ether oxygens (including phenoxy) is 1. The van der Waals surface area contributed by atoms with Gasteiger partial charge in [-0.25, -0.2) is 0 Å². The summed E-state index contributed by atoms with van der Waals surface area (Å²) in [6.07, 6.45) is 4.17. The summed E-state index contributed by atoms with van der Waals surface area (Å²) in [5.41, 5.74) is 2.44. The number of hydrogen-bond acceptors (Lipinski definition) is 4. The monoisotopic (exact) mass is 342 g/mol. The number of rotatable bonds is 5. The minimum absolute atomic E-state index is 0.149. The number of carbonyl (C=O) groups excluding carboxylic acids is 1. The van der Waals surface area contributed by atoms with Crippen LogP contribution in [0.25, 0.3) is 0 Å². The fourth-order valence-electron chi connectivity index (χ4n) is 3.29. The maximum atomic E-state index is 12.5. The molecule has 0 N–H and O–H groups in total. The van der Waals surface area contributed by atoms with Gasteiger partial charge in [0.1, 0.15) is 17.9 Å². The molecule has 2 aromatic rings. The lowest BCUT2D eigenvalue weighted by Gasteiger charge is -2.32. The first-order valence-corrected chi connectivity index (χ1v) is 8.86. The predicted molar refractivity (Wildman–Crippen MR) is 95.6 cm³/mol. The Morgan fingerprint density at radius 1 is 1.32 bits per heavy atom. The Bertz CT molecular complexity index is 741. The van der Waals surface area contributed by atoms with E-state index in [1.165, 1.54) is 11.1 Å². The van der Waals surface area contributed by atoms with Gasteiger partial charge in [0.2, 0.25) is 5.91 Å². The summed E-state index contributed by atoms with van der Waals surface area (Å²) in [6, 6.07) is 6.02. The van der Waals surface area contributed by atoms with Crippen molar-refractivity contribution < 1.29 is 9.53 Å². The summed E-state index contributed by atoms with van der Waals surface area (Å²) in [6.45, 7) is 6.08. The first kappa shape index (κ1) is 17.5. The minimum atomic E-state index is 0.149. The average molecular weight is 342 g/mol. The number of amides is 1. The molecule has 1 aliphatic rings. The Labute approximate surface area is 148 Å². The molecule has 1 aromatic heterocycles. The molecule has 6 nitrogen and oxygen atoms in total. The van der Waals surface area contributed by atoms with Gasteiger partial charge in [0.15, 0.2) is 0 Å². The molecular formula is C19H26N4O2. The highest BCUT2D eigenvalue weighted by Crippen LogP contribution is 2.25. The van der Waals surface area contributed by atoms with E-state index in [0.717, 1.165) is 37.5 Å². The third-order valence-corrected chi connectivity index (χ3v) is 4.95. The standard InChI is InChI=1S/C19H26N4O2/c1-14-6-7-17(11-15(14)2)25-10-8-18(24)23-9-4-5-16(12-23)19-21-20-13-22(19)3/h6-7,11,13,16H,4-5,8-10,12H2,1-3H3/t16-/m1/s1. The molecular weight excluding hydrogens is 316 g/mol. The van der Waals surface area contributed by atoms with Crippen molar-refractivity contribution in [1.29, 1.82) is 0 Å². The second-order valence-electron chi connectivity index (χ2n) is 6.82. The second kappa shape index (κ2) is 7.68. The maximum absolute atomic E-state index is 12.5. The normalized spacial score (nSPS) is 17.6. The number of aryl methyl sites for hydroxylation is 3. The fourth-order valence-corrected chi connectivity index (χ4v) is 3.29. The van der Waals surface area contributed by atoms with Crippen molar-refractivity contribution in [2.45, 2.75) is 39.0 Å². The number of benzene rings is 1. The molecule has 25 heavy (non-hydrogen) atoms. The lowest BCUT2D eigenvalue weighted by Crippen LogP contribution is -2.40. The van der Waals surface area contributed by atoms with Crippen molar-refractivity contribution in [2.24, 2.45) is 7.05 Å². The smallest absolute Gasteiger partial charge is 0.226 e. The van der Waals surface area contributed by atoms with E-state index in [2.05, 4.69) is 24.0 Å². The first-order chi connectivity index (χ1) is 12.0. The maximum Gasteiger partial charge on any atom is 0.226 e. The van der Waals surface area contributed by atoms with Gasteiger partial charge in [-0.2, -0.15) is 0 Å². The van der Waals surface area contributed by atoms with Crippen LogP contribution in [-0.2, 0) is 11.8 Å². The molecule has 1 saturated heterocycles. The van der Waals surface area contributed by atoms with Crippen molar-refractivity contribution >= 4 is 5.91 Å². The minimum Gasteiger partial charge on any atom is -0.493 e. The van der Waals surface area contributed by atoms with E-state index in [0.29, 0.717) is 13.0 Å². The largest absolute Gasteiger partial charge is 0.493 e. The summed E-state index contributed by atoms with van der Waals surface area (Å²) in [5, 5.41) is 8.15. The van der Waals surface area contributed by atoms with E-state index < -0.39 is 0 Å². The van der Waals surface area contributed by atoms with Crippen molar-refractivity contribution in [3.63, 3.8) is 0 Å². The molecule has 2 heterocycles. The van der Waals surface area contributed by atoms with Crippen molar-refractivity contribution in [3.8, 4) is 5.75 Å². The zero-order valence-corrected chi connectivity index (χ0v) is 15.2. The van der Waals surface area contributed by atoms with Crippen molar-refractivity contribution in [2.75, 3.05) is 19.7 Å². The van der Waals surface area contributed by atoms with E-state index in [1.807, 2.05) is 34.7 Å². The van der Waals surface area contributed by atoms with Gasteiger partial charge in [0.25, 0.3) is 0 Å². The summed E-state index contributed by atoms with van der Waals surface area (Å²) < 4.78 is 7.69. The van der Waals surface area contributed by atoms with Gasteiger partial charge in [-0.1, -0.05) is 6.07 Å². The van der Waals surface area contributed by atoms with Crippen LogP contribution < -0.4 is 4.74 Å². The molecule has 0 spiro atoms. The van der Waals surface area contributed by atoms with Crippen LogP contribution in [0.3, 0.4) is 0 Å². The number of likely N-dealkylation sites (tertiary alicyclic amines) is 1. The Hall–Kier alpha value is -2.37. The molecule has 3 rings (SSSR count). The van der Waals surface area contributed by atoms with Gasteiger partial charge in [0.05, 0.1) is 13.0 Å². The molecule has 1 aliphatic heterocycles. The number of hydrogen-bond donors (Lipinski definition) is 0. The zero-order valence-electron chi connectivity index (χ0n) is 15.2. The molecule has 1 aromatic carbocycles. The highest BCUT2D eigenvalue weighted by Gasteiger charge is 2.27. The van der Waals surface area contributed by atoms with Gasteiger partial charge in [0, 0.05) is 26.1 Å². The lowest BCUT2D eigenvalue weighted by atomic mass is 9.97. The molecule has 134 valence electrons. The SMILES string of the molecule is Cc1ccc(OCCC(=O)N2CCC[C@@H](c3nncn3C)C2)cc1C. The van der Waals surface area contributed by atoms with Crippen molar-refractivity contribution in [3.05, 3.63) is 41.5 Å². The van der Waals surface area contributed by atoms with E-state index >= 15 is 0 Å². The molecule has 0 saturated carbocycles. The van der Waals surface area contributed by atoms with Crippen LogP contribution >= 0.6 is 0 Å². The quantitative estimate of drug-likeness (QED) is 0.838. The van der Waals surface area contributed by atoms with Crippen LogP contribution in [0.5, 0.6) is 5.75 Å². The molecule has 0 aliphatic carbocycles. The third kappa shape index (κ3) is 4.18. The Morgan fingerprint density at radius 2 is 2.16 bits per heavy atom. The average Bonchev–Trinajstić information content (AvgIpc) is 3.04. The molecule has 0 bridgehead atoms. The second-order valence-corrected chi connectivity index (χ2v) is 6.82. The van der Waals surface area contributed by atoms with E-state index in [1.54, 1.807) is 6.33 Å². The Morgan fingerprint density at radius 3 is 2.88 bits per heavy atom. The van der Waals surface area contributed by atoms with Gasteiger partial charge >= 0.3 is 0 Å². The predicted octanol–water partition coefficient (Wildman–Crippen LogP) is 2.61. The van der Waals surface area contributed by atoms with Gasteiger partial charge in [-0.15, -0.1) is 10.2 Å². The number of aromatic nitrogens is 3. The summed E-state index contributed by atoms with van der Waals surface area (Å²) in [7, 11) is 1.95. The zero-order chi connectivity index (χ0) is 17.8. The van der Waals surface area contributed by atoms with E-state index in [9.17, 15) is 4.79 Å². The summed E-state index contributed by atoms with van der Waals surface area (Å²) in [5.74, 6) is 2.21. The first-order valence-electron chi connectivity index (χ1n) is 8.86. The Kier molecular flexibility index (Phi) is 5.36. The number of piperidine rings is 1. The Balaban J connectivity index is 1.50. The summed E-state index contributed by atoms with van der Waals surface area (Å²) >= 11 is 0. The van der Waals surface area contributed by atoms with E-state index in [4.69, 9.17) is 4.74 Å². The lowest BCUT2D eigenvalue weighted by molar-refractivity contribution is -0.133. The molecule has 0 unspecified atom stereocenters. The van der Waals surface area contributed by atoms with Crippen LogP contribution in [0.15, 0.2) is 24.5 Å². The van der Waals surface area contributed by atoms with Crippen LogP contribution in [0.1, 0.15) is 42.1 Å². The highest BCUT2D eigenvalue weighted by atomic mass is 16.5. The van der Waals surface area contributed by atoms with Crippen LogP contribution in [0.4, 0.5) is 0 Å².